The molecule has 0 amide bonds. The van der Waals surface area contributed by atoms with Gasteiger partial charge in [0.1, 0.15) is 4.99 Å². The van der Waals surface area contributed by atoms with Gasteiger partial charge < -0.3 is 11.1 Å². The summed E-state index contributed by atoms with van der Waals surface area (Å²) in [6.07, 6.45) is 2.57. The van der Waals surface area contributed by atoms with E-state index >= 15 is 0 Å². The van der Waals surface area contributed by atoms with Crippen LogP contribution in [0, 0.1) is 0 Å². The first-order chi connectivity index (χ1) is 7.90. The molecule has 1 aromatic rings. The lowest BCUT2D eigenvalue weighted by molar-refractivity contribution is 0.589. The maximum absolute atomic E-state index is 10.8. The average Bonchev–Trinajstić information content (AvgIpc) is 2.23. The Morgan fingerprint density at radius 1 is 1.53 bits per heavy atom. The normalized spacial score (nSPS) is 11.1. The molecule has 7 nitrogen and oxygen atoms in total. The summed E-state index contributed by atoms with van der Waals surface area (Å²) < 4.78 is 24.0. The topological polar surface area (TPSA) is 110 Å². The van der Waals surface area contributed by atoms with Crippen molar-refractivity contribution in [1.29, 1.82) is 0 Å². The van der Waals surface area contributed by atoms with E-state index in [2.05, 4.69) is 20.2 Å². The van der Waals surface area contributed by atoms with Crippen molar-refractivity contribution in [2.24, 2.45) is 5.73 Å². The fraction of sp³-hybridized carbons (Fsp3) is 0.375. The number of nitrogens with one attached hydrogen (secondary N) is 2. The van der Waals surface area contributed by atoms with Crippen LogP contribution in [0.2, 0.25) is 0 Å². The van der Waals surface area contributed by atoms with Crippen LogP contribution in [0.25, 0.3) is 0 Å². The molecule has 0 aliphatic heterocycles. The van der Waals surface area contributed by atoms with Gasteiger partial charge in [0.05, 0.1) is 18.0 Å². The Morgan fingerprint density at radius 3 is 2.82 bits per heavy atom. The summed E-state index contributed by atoms with van der Waals surface area (Å²) in [7, 11) is -3.18. The van der Waals surface area contributed by atoms with Crippen LogP contribution >= 0.6 is 12.2 Å². The van der Waals surface area contributed by atoms with E-state index in [0.717, 1.165) is 6.26 Å². The van der Waals surface area contributed by atoms with Crippen LogP contribution in [0.1, 0.15) is 5.56 Å². The molecule has 0 spiro atoms. The van der Waals surface area contributed by atoms with Crippen molar-refractivity contribution in [3.63, 3.8) is 0 Å². The van der Waals surface area contributed by atoms with Gasteiger partial charge in [-0.25, -0.2) is 13.1 Å². The summed E-state index contributed by atoms with van der Waals surface area (Å²) in [4.78, 5) is 0.207. The van der Waals surface area contributed by atoms with Crippen LogP contribution < -0.4 is 15.8 Å². The van der Waals surface area contributed by atoms with Crippen LogP contribution in [0.4, 0.5) is 5.82 Å². The molecule has 9 heteroatoms. The van der Waals surface area contributed by atoms with E-state index < -0.39 is 10.0 Å². The van der Waals surface area contributed by atoms with Crippen molar-refractivity contribution in [1.82, 2.24) is 14.9 Å². The van der Waals surface area contributed by atoms with Crippen molar-refractivity contribution < 1.29 is 8.42 Å². The third-order valence-electron chi connectivity index (χ3n) is 1.77. The first-order valence-electron chi connectivity index (χ1n) is 4.70. The van der Waals surface area contributed by atoms with E-state index in [9.17, 15) is 8.42 Å². The second-order valence-electron chi connectivity index (χ2n) is 3.25. The van der Waals surface area contributed by atoms with Crippen LogP contribution in [0.15, 0.2) is 12.3 Å². The van der Waals surface area contributed by atoms with E-state index in [0.29, 0.717) is 17.9 Å². The molecular weight excluding hydrogens is 262 g/mol. The van der Waals surface area contributed by atoms with Crippen LogP contribution in [-0.2, 0) is 10.0 Å². The molecule has 0 radical (unpaired) electrons. The van der Waals surface area contributed by atoms with Gasteiger partial charge in [0.2, 0.25) is 10.0 Å². The number of thiocarbonyl (C=S) groups is 1. The van der Waals surface area contributed by atoms with Gasteiger partial charge in [0.15, 0.2) is 5.82 Å². The van der Waals surface area contributed by atoms with Crippen molar-refractivity contribution >= 4 is 33.0 Å². The fourth-order valence-electron chi connectivity index (χ4n) is 1.08. The monoisotopic (exact) mass is 275 g/mol. The lowest BCUT2D eigenvalue weighted by Gasteiger charge is -2.08. The second kappa shape index (κ2) is 5.84. The standard InChI is InChI=1S/C8H13N5O2S2/c1-17(14,15)12-5-4-10-8-6(7(9)16)2-3-11-13-8/h2-3,12H,4-5H2,1H3,(H2,9,16)(H,10,13). The van der Waals surface area contributed by atoms with Crippen LogP contribution in [-0.4, -0.2) is 42.9 Å². The SMILES string of the molecule is CS(=O)(=O)NCCNc1nnccc1C(N)=S. The number of rotatable bonds is 6. The summed E-state index contributed by atoms with van der Waals surface area (Å²) in [6, 6.07) is 1.64. The molecule has 0 saturated heterocycles. The molecule has 94 valence electrons. The fourth-order valence-corrected chi connectivity index (χ4v) is 1.72. The third-order valence-corrected chi connectivity index (χ3v) is 2.72. The molecule has 0 fully saturated rings. The molecule has 0 aliphatic carbocycles. The number of aromatic nitrogens is 2. The molecular formula is C8H13N5O2S2. The Hall–Kier alpha value is -1.32. The van der Waals surface area contributed by atoms with Crippen molar-refractivity contribution in [2.45, 2.75) is 0 Å². The minimum atomic E-state index is -3.18. The zero-order valence-corrected chi connectivity index (χ0v) is 10.8. The van der Waals surface area contributed by atoms with Gasteiger partial charge in [-0.15, -0.1) is 5.10 Å². The summed E-state index contributed by atoms with van der Waals surface area (Å²) >= 11 is 4.85. The Balaban J connectivity index is 2.55. The summed E-state index contributed by atoms with van der Waals surface area (Å²) in [5, 5.41) is 10.4. The van der Waals surface area contributed by atoms with Gasteiger partial charge in [-0.2, -0.15) is 5.10 Å². The third kappa shape index (κ3) is 5.02. The van der Waals surface area contributed by atoms with Crippen molar-refractivity contribution in [3.8, 4) is 0 Å². The molecule has 0 atom stereocenters. The minimum absolute atomic E-state index is 0.207. The average molecular weight is 275 g/mol. The number of hydrogen-bond acceptors (Lipinski definition) is 6. The van der Waals surface area contributed by atoms with Crippen LogP contribution in [0.5, 0.6) is 0 Å². The second-order valence-corrected chi connectivity index (χ2v) is 5.52. The Labute approximate surface area is 105 Å². The molecule has 1 aromatic heterocycles. The first kappa shape index (κ1) is 13.7. The Kier molecular flexibility index (Phi) is 4.73. The summed E-state index contributed by atoms with van der Waals surface area (Å²) in [6.45, 7) is 0.605. The lowest BCUT2D eigenvalue weighted by Crippen LogP contribution is -2.28. The zero-order valence-electron chi connectivity index (χ0n) is 9.17. The van der Waals surface area contributed by atoms with Crippen molar-refractivity contribution in [3.05, 3.63) is 17.8 Å². The highest BCUT2D eigenvalue weighted by molar-refractivity contribution is 7.88. The predicted octanol–water partition coefficient (Wildman–Crippen LogP) is -0.928. The van der Waals surface area contributed by atoms with Gasteiger partial charge in [0, 0.05) is 13.1 Å². The van der Waals surface area contributed by atoms with Crippen LogP contribution in [0.3, 0.4) is 0 Å². The summed E-state index contributed by atoms with van der Waals surface area (Å²) in [5.41, 5.74) is 6.08. The number of anilines is 1. The maximum Gasteiger partial charge on any atom is 0.208 e. The highest BCUT2D eigenvalue weighted by Crippen LogP contribution is 2.08. The van der Waals surface area contributed by atoms with Gasteiger partial charge in [-0.1, -0.05) is 12.2 Å². The van der Waals surface area contributed by atoms with E-state index in [1.807, 2.05) is 0 Å². The number of nitrogens with two attached hydrogens (primary N) is 1. The molecule has 0 unspecified atom stereocenters. The van der Waals surface area contributed by atoms with E-state index in [1.165, 1.54) is 6.20 Å². The van der Waals surface area contributed by atoms with Gasteiger partial charge >= 0.3 is 0 Å². The molecule has 4 N–H and O–H groups in total. The van der Waals surface area contributed by atoms with E-state index in [4.69, 9.17) is 18.0 Å². The minimum Gasteiger partial charge on any atom is -0.389 e. The molecule has 1 heterocycles. The van der Waals surface area contributed by atoms with Gasteiger partial charge in [0.25, 0.3) is 0 Å². The number of nitrogens with zero attached hydrogens (tertiary/aromatic N) is 2. The Morgan fingerprint density at radius 2 is 2.24 bits per heavy atom. The molecule has 0 aromatic carbocycles. The van der Waals surface area contributed by atoms with E-state index in [-0.39, 0.29) is 11.5 Å². The van der Waals surface area contributed by atoms with E-state index in [1.54, 1.807) is 6.07 Å². The quantitative estimate of drug-likeness (QED) is 0.454. The number of hydrogen-bond donors (Lipinski definition) is 3. The molecule has 17 heavy (non-hydrogen) atoms. The van der Waals surface area contributed by atoms with Gasteiger partial charge in [-0.3, -0.25) is 0 Å². The lowest BCUT2D eigenvalue weighted by atomic mass is 10.3. The maximum atomic E-state index is 10.8. The Bertz CT molecular complexity index is 502. The molecule has 1 rings (SSSR count). The molecule has 0 saturated carbocycles. The predicted molar refractivity (Wildman–Crippen MR) is 69.3 cm³/mol. The smallest absolute Gasteiger partial charge is 0.208 e. The highest BCUT2D eigenvalue weighted by atomic mass is 32.2. The number of sulfonamides is 1. The van der Waals surface area contributed by atoms with Gasteiger partial charge in [-0.05, 0) is 6.07 Å². The highest BCUT2D eigenvalue weighted by Gasteiger charge is 2.06. The molecule has 0 bridgehead atoms. The first-order valence-corrected chi connectivity index (χ1v) is 7.00. The largest absolute Gasteiger partial charge is 0.389 e. The zero-order chi connectivity index (χ0) is 12.9. The summed E-state index contributed by atoms with van der Waals surface area (Å²) in [5.74, 6) is 0.440. The molecule has 0 aliphatic rings. The van der Waals surface area contributed by atoms with Crippen molar-refractivity contribution in [2.75, 3.05) is 24.7 Å².